The summed E-state index contributed by atoms with van der Waals surface area (Å²) in [6.07, 6.45) is 5.37. The van der Waals surface area contributed by atoms with E-state index < -0.39 is 0 Å². The summed E-state index contributed by atoms with van der Waals surface area (Å²) in [5.41, 5.74) is 0. The molecule has 1 aliphatic rings. The Bertz CT molecular complexity index is 241. The maximum atomic E-state index is 11.4. The summed E-state index contributed by atoms with van der Waals surface area (Å²) in [6.45, 7) is 0.921. The Hall–Kier alpha value is -1.08. The Morgan fingerprint density at radius 3 is 2.80 bits per heavy atom. The topological polar surface area (TPSA) is 56.1 Å². The van der Waals surface area contributed by atoms with E-state index in [9.17, 15) is 4.79 Å². The standard InChI is InChI=1S/C11H19N3O/c1-14(10-5-2-3-6-10)9-11(15)13-8-4-7-12/h10H,2-6,8-9H2,1H3,(H,13,15). The van der Waals surface area contributed by atoms with Crippen molar-refractivity contribution in [2.45, 2.75) is 38.1 Å². The van der Waals surface area contributed by atoms with Gasteiger partial charge >= 0.3 is 0 Å². The van der Waals surface area contributed by atoms with E-state index in [-0.39, 0.29) is 5.91 Å². The van der Waals surface area contributed by atoms with Gasteiger partial charge in [-0.05, 0) is 19.9 Å². The van der Waals surface area contributed by atoms with Crippen LogP contribution in [0.2, 0.25) is 0 Å². The first-order valence-electron chi connectivity index (χ1n) is 5.58. The van der Waals surface area contributed by atoms with Crippen molar-refractivity contribution < 1.29 is 4.79 Å². The van der Waals surface area contributed by atoms with Crippen LogP contribution >= 0.6 is 0 Å². The molecule has 0 aliphatic heterocycles. The van der Waals surface area contributed by atoms with Crippen molar-refractivity contribution in [2.75, 3.05) is 20.1 Å². The van der Waals surface area contributed by atoms with E-state index in [1.54, 1.807) is 0 Å². The van der Waals surface area contributed by atoms with Gasteiger partial charge in [-0.1, -0.05) is 12.8 Å². The molecule has 1 aliphatic carbocycles. The smallest absolute Gasteiger partial charge is 0.234 e. The highest BCUT2D eigenvalue weighted by molar-refractivity contribution is 5.78. The first-order valence-corrected chi connectivity index (χ1v) is 5.58. The molecule has 0 heterocycles. The maximum absolute atomic E-state index is 11.4. The zero-order valence-electron chi connectivity index (χ0n) is 9.33. The lowest BCUT2D eigenvalue weighted by molar-refractivity contribution is -0.122. The van der Waals surface area contributed by atoms with E-state index in [1.165, 1.54) is 25.7 Å². The predicted molar refractivity (Wildman–Crippen MR) is 58.1 cm³/mol. The average Bonchev–Trinajstić information content (AvgIpc) is 2.70. The fraction of sp³-hybridized carbons (Fsp3) is 0.818. The van der Waals surface area contributed by atoms with Gasteiger partial charge in [0.05, 0.1) is 19.0 Å². The summed E-state index contributed by atoms with van der Waals surface area (Å²) in [6, 6.07) is 2.58. The van der Waals surface area contributed by atoms with Gasteiger partial charge in [-0.25, -0.2) is 0 Å². The summed E-state index contributed by atoms with van der Waals surface area (Å²) in [7, 11) is 2.00. The number of carbonyl (C=O) groups is 1. The Morgan fingerprint density at radius 2 is 2.20 bits per heavy atom. The van der Waals surface area contributed by atoms with Crippen LogP contribution in [0.25, 0.3) is 0 Å². The van der Waals surface area contributed by atoms with Gasteiger partial charge in [0.15, 0.2) is 0 Å². The zero-order valence-corrected chi connectivity index (χ0v) is 9.33. The van der Waals surface area contributed by atoms with E-state index in [4.69, 9.17) is 5.26 Å². The molecule has 84 valence electrons. The number of nitriles is 1. The Labute approximate surface area is 91.2 Å². The molecule has 15 heavy (non-hydrogen) atoms. The molecule has 0 aromatic carbocycles. The fourth-order valence-corrected chi connectivity index (χ4v) is 2.01. The molecule has 4 nitrogen and oxygen atoms in total. The molecule has 1 fully saturated rings. The van der Waals surface area contributed by atoms with Gasteiger partial charge in [0.2, 0.25) is 5.91 Å². The minimum Gasteiger partial charge on any atom is -0.354 e. The SMILES string of the molecule is CN(CC(=O)NCCC#N)C1CCCC1. The van der Waals surface area contributed by atoms with Crippen molar-refractivity contribution in [3.05, 3.63) is 0 Å². The lowest BCUT2D eigenvalue weighted by atomic mass is 10.2. The van der Waals surface area contributed by atoms with E-state index in [2.05, 4.69) is 10.2 Å². The Morgan fingerprint density at radius 1 is 1.53 bits per heavy atom. The molecule has 0 spiro atoms. The Balaban J connectivity index is 2.16. The van der Waals surface area contributed by atoms with Crippen molar-refractivity contribution >= 4 is 5.91 Å². The molecule has 0 saturated heterocycles. The van der Waals surface area contributed by atoms with Crippen LogP contribution in [0.15, 0.2) is 0 Å². The number of likely N-dealkylation sites (N-methyl/N-ethyl adjacent to an activating group) is 1. The van der Waals surface area contributed by atoms with Crippen LogP contribution in [0, 0.1) is 11.3 Å². The number of nitrogens with zero attached hydrogens (tertiary/aromatic N) is 2. The van der Waals surface area contributed by atoms with Crippen molar-refractivity contribution in [1.29, 1.82) is 5.26 Å². The number of carbonyl (C=O) groups excluding carboxylic acids is 1. The van der Waals surface area contributed by atoms with Crippen LogP contribution < -0.4 is 5.32 Å². The van der Waals surface area contributed by atoms with Crippen LogP contribution in [-0.2, 0) is 4.79 Å². The molecule has 0 aromatic heterocycles. The molecule has 4 heteroatoms. The molecular weight excluding hydrogens is 190 g/mol. The highest BCUT2D eigenvalue weighted by atomic mass is 16.2. The molecular formula is C11H19N3O. The quantitative estimate of drug-likeness (QED) is 0.684. The summed E-state index contributed by atoms with van der Waals surface area (Å²) in [5, 5.41) is 11.1. The molecule has 1 N–H and O–H groups in total. The van der Waals surface area contributed by atoms with Crippen LogP contribution in [0.1, 0.15) is 32.1 Å². The molecule has 0 atom stereocenters. The van der Waals surface area contributed by atoms with Gasteiger partial charge in [-0.15, -0.1) is 0 Å². The summed E-state index contributed by atoms with van der Waals surface area (Å²) < 4.78 is 0. The largest absolute Gasteiger partial charge is 0.354 e. The number of hydrogen-bond donors (Lipinski definition) is 1. The van der Waals surface area contributed by atoms with Crippen LogP contribution in [0.4, 0.5) is 0 Å². The minimum atomic E-state index is 0.0275. The van der Waals surface area contributed by atoms with Crippen molar-refractivity contribution in [2.24, 2.45) is 0 Å². The van der Waals surface area contributed by atoms with Gasteiger partial charge < -0.3 is 5.32 Å². The summed E-state index contributed by atoms with van der Waals surface area (Å²) in [4.78, 5) is 13.5. The first kappa shape index (κ1) is 12.0. The molecule has 0 radical (unpaired) electrons. The van der Waals surface area contributed by atoms with E-state index in [1.807, 2.05) is 13.1 Å². The average molecular weight is 209 g/mol. The van der Waals surface area contributed by atoms with Crippen molar-refractivity contribution in [3.63, 3.8) is 0 Å². The van der Waals surface area contributed by atoms with Gasteiger partial charge in [0, 0.05) is 12.6 Å². The second-order valence-electron chi connectivity index (χ2n) is 4.11. The number of amides is 1. The maximum Gasteiger partial charge on any atom is 0.234 e. The van der Waals surface area contributed by atoms with Crippen LogP contribution in [-0.4, -0.2) is 37.0 Å². The van der Waals surface area contributed by atoms with Crippen LogP contribution in [0.5, 0.6) is 0 Å². The predicted octanol–water partition coefficient (Wildman–Crippen LogP) is 0.891. The third kappa shape index (κ3) is 4.30. The second kappa shape index (κ2) is 6.41. The highest BCUT2D eigenvalue weighted by Crippen LogP contribution is 2.21. The van der Waals surface area contributed by atoms with Crippen LogP contribution in [0.3, 0.4) is 0 Å². The second-order valence-corrected chi connectivity index (χ2v) is 4.11. The van der Waals surface area contributed by atoms with Gasteiger partial charge in [-0.3, -0.25) is 9.69 Å². The number of hydrogen-bond acceptors (Lipinski definition) is 3. The molecule has 1 saturated carbocycles. The summed E-state index contributed by atoms with van der Waals surface area (Å²) in [5.74, 6) is 0.0275. The Kier molecular flexibility index (Phi) is 5.13. The molecule has 0 aromatic rings. The minimum absolute atomic E-state index is 0.0275. The summed E-state index contributed by atoms with van der Waals surface area (Å²) >= 11 is 0. The molecule has 1 rings (SSSR count). The van der Waals surface area contributed by atoms with E-state index in [0.29, 0.717) is 25.6 Å². The lowest BCUT2D eigenvalue weighted by Gasteiger charge is -2.23. The van der Waals surface area contributed by atoms with E-state index in [0.717, 1.165) is 0 Å². The molecule has 1 amide bonds. The van der Waals surface area contributed by atoms with Gasteiger partial charge in [0.1, 0.15) is 0 Å². The lowest BCUT2D eigenvalue weighted by Crippen LogP contribution is -2.39. The van der Waals surface area contributed by atoms with Crippen molar-refractivity contribution in [1.82, 2.24) is 10.2 Å². The van der Waals surface area contributed by atoms with Gasteiger partial charge in [0.25, 0.3) is 0 Å². The third-order valence-corrected chi connectivity index (χ3v) is 2.90. The molecule has 0 unspecified atom stereocenters. The number of rotatable bonds is 5. The normalized spacial score (nSPS) is 16.6. The zero-order chi connectivity index (χ0) is 11.1. The number of nitrogens with one attached hydrogen (secondary N) is 1. The molecule has 0 bridgehead atoms. The first-order chi connectivity index (χ1) is 7.24. The van der Waals surface area contributed by atoms with Gasteiger partial charge in [-0.2, -0.15) is 5.26 Å². The van der Waals surface area contributed by atoms with E-state index >= 15 is 0 Å². The third-order valence-electron chi connectivity index (χ3n) is 2.90. The fourth-order valence-electron chi connectivity index (χ4n) is 2.01. The van der Waals surface area contributed by atoms with Crippen molar-refractivity contribution in [3.8, 4) is 6.07 Å². The highest BCUT2D eigenvalue weighted by Gasteiger charge is 2.20. The monoisotopic (exact) mass is 209 g/mol.